The number of likely N-dealkylation sites (N-methyl/N-ethyl adjacent to an activating group) is 1. The minimum atomic E-state index is -0.306. The first-order valence-corrected chi connectivity index (χ1v) is 7.11. The van der Waals surface area contributed by atoms with Crippen molar-refractivity contribution in [2.45, 2.75) is 26.8 Å². The summed E-state index contributed by atoms with van der Waals surface area (Å²) in [6.07, 6.45) is 5.11. The SMILES string of the molecule is CCN(CC)C(=O)C(C)n1cncc1-c1ccc(N)nc1. The smallest absolute Gasteiger partial charge is 0.245 e. The lowest BCUT2D eigenvalue weighted by Crippen LogP contribution is -2.36. The fourth-order valence-corrected chi connectivity index (χ4v) is 2.31. The lowest BCUT2D eigenvalue weighted by molar-refractivity contribution is -0.133. The van der Waals surface area contributed by atoms with Gasteiger partial charge in [-0.1, -0.05) is 0 Å². The van der Waals surface area contributed by atoms with Crippen LogP contribution in [0.3, 0.4) is 0 Å². The zero-order valence-electron chi connectivity index (χ0n) is 12.7. The Hall–Kier alpha value is -2.37. The number of imidazole rings is 1. The van der Waals surface area contributed by atoms with Crippen LogP contribution in [0.2, 0.25) is 0 Å². The number of pyridine rings is 1. The van der Waals surface area contributed by atoms with Gasteiger partial charge in [0.1, 0.15) is 11.9 Å². The number of hydrogen-bond donors (Lipinski definition) is 1. The second-order valence-corrected chi connectivity index (χ2v) is 4.84. The van der Waals surface area contributed by atoms with Gasteiger partial charge in [-0.25, -0.2) is 9.97 Å². The third-order valence-electron chi connectivity index (χ3n) is 3.60. The molecular formula is C15H21N5O. The fraction of sp³-hybridized carbons (Fsp3) is 0.400. The number of nitrogens with zero attached hydrogens (tertiary/aromatic N) is 4. The van der Waals surface area contributed by atoms with Crippen LogP contribution in [0.15, 0.2) is 30.9 Å². The van der Waals surface area contributed by atoms with E-state index < -0.39 is 0 Å². The Bertz CT molecular complexity index is 601. The zero-order valence-corrected chi connectivity index (χ0v) is 12.7. The molecule has 1 atom stereocenters. The molecule has 0 saturated carbocycles. The van der Waals surface area contributed by atoms with Crippen molar-refractivity contribution in [2.24, 2.45) is 0 Å². The topological polar surface area (TPSA) is 77.0 Å². The molecule has 2 rings (SSSR count). The summed E-state index contributed by atoms with van der Waals surface area (Å²) in [5, 5.41) is 0. The Balaban J connectivity index is 2.31. The normalized spacial score (nSPS) is 12.1. The highest BCUT2D eigenvalue weighted by molar-refractivity contribution is 5.81. The van der Waals surface area contributed by atoms with E-state index in [4.69, 9.17) is 5.73 Å². The van der Waals surface area contributed by atoms with Crippen molar-refractivity contribution >= 4 is 11.7 Å². The van der Waals surface area contributed by atoms with Crippen molar-refractivity contribution in [3.8, 4) is 11.3 Å². The van der Waals surface area contributed by atoms with Crippen LogP contribution < -0.4 is 5.73 Å². The van der Waals surface area contributed by atoms with Crippen molar-refractivity contribution in [2.75, 3.05) is 18.8 Å². The highest BCUT2D eigenvalue weighted by Crippen LogP contribution is 2.23. The molecule has 0 saturated heterocycles. The minimum Gasteiger partial charge on any atom is -0.384 e. The van der Waals surface area contributed by atoms with E-state index in [0.29, 0.717) is 18.9 Å². The molecule has 0 fully saturated rings. The summed E-state index contributed by atoms with van der Waals surface area (Å²) in [6.45, 7) is 7.25. The van der Waals surface area contributed by atoms with Crippen LogP contribution in [0.25, 0.3) is 11.3 Å². The predicted molar refractivity (Wildman–Crippen MR) is 82.5 cm³/mol. The average molecular weight is 287 g/mol. The number of hydrogen-bond acceptors (Lipinski definition) is 4. The lowest BCUT2D eigenvalue weighted by atomic mass is 10.2. The molecule has 1 unspecified atom stereocenters. The van der Waals surface area contributed by atoms with Gasteiger partial charge in [0.05, 0.1) is 18.2 Å². The van der Waals surface area contributed by atoms with Crippen LogP contribution >= 0.6 is 0 Å². The maximum Gasteiger partial charge on any atom is 0.245 e. The maximum absolute atomic E-state index is 12.5. The Morgan fingerprint density at radius 3 is 2.62 bits per heavy atom. The first kappa shape index (κ1) is 15.0. The molecule has 6 nitrogen and oxygen atoms in total. The molecule has 0 aromatic carbocycles. The maximum atomic E-state index is 12.5. The summed E-state index contributed by atoms with van der Waals surface area (Å²) in [7, 11) is 0. The molecule has 112 valence electrons. The molecule has 0 aliphatic heterocycles. The fourth-order valence-electron chi connectivity index (χ4n) is 2.31. The van der Waals surface area contributed by atoms with Gasteiger partial charge in [-0.3, -0.25) is 4.79 Å². The molecule has 0 radical (unpaired) electrons. The van der Waals surface area contributed by atoms with Gasteiger partial charge in [0.15, 0.2) is 0 Å². The number of nitrogen functional groups attached to an aromatic ring is 1. The highest BCUT2D eigenvalue weighted by Gasteiger charge is 2.22. The molecular weight excluding hydrogens is 266 g/mol. The first-order valence-electron chi connectivity index (χ1n) is 7.11. The second kappa shape index (κ2) is 6.39. The number of rotatable bonds is 5. The van der Waals surface area contributed by atoms with E-state index in [0.717, 1.165) is 11.3 Å². The van der Waals surface area contributed by atoms with E-state index in [1.165, 1.54) is 0 Å². The van der Waals surface area contributed by atoms with Crippen LogP contribution in [0.4, 0.5) is 5.82 Å². The third-order valence-corrected chi connectivity index (χ3v) is 3.60. The van der Waals surface area contributed by atoms with E-state index in [1.54, 1.807) is 24.8 Å². The number of aromatic nitrogens is 3. The van der Waals surface area contributed by atoms with Crippen molar-refractivity contribution < 1.29 is 4.79 Å². The quantitative estimate of drug-likeness (QED) is 0.912. The Morgan fingerprint density at radius 1 is 1.33 bits per heavy atom. The van der Waals surface area contributed by atoms with Crippen molar-refractivity contribution in [3.63, 3.8) is 0 Å². The number of anilines is 1. The summed E-state index contributed by atoms with van der Waals surface area (Å²) < 4.78 is 1.87. The van der Waals surface area contributed by atoms with Crippen LogP contribution in [0.5, 0.6) is 0 Å². The van der Waals surface area contributed by atoms with Gasteiger partial charge in [0.25, 0.3) is 0 Å². The van der Waals surface area contributed by atoms with Gasteiger partial charge >= 0.3 is 0 Å². The van der Waals surface area contributed by atoms with Crippen LogP contribution in [0, 0.1) is 0 Å². The molecule has 0 aliphatic carbocycles. The predicted octanol–water partition coefficient (Wildman–Crippen LogP) is 1.96. The lowest BCUT2D eigenvalue weighted by Gasteiger charge is -2.24. The van der Waals surface area contributed by atoms with Crippen LogP contribution in [-0.2, 0) is 4.79 Å². The summed E-state index contributed by atoms with van der Waals surface area (Å²) in [6, 6.07) is 3.31. The number of carbonyl (C=O) groups excluding carboxylic acids is 1. The molecule has 6 heteroatoms. The van der Waals surface area contributed by atoms with Gasteiger partial charge in [-0.2, -0.15) is 0 Å². The molecule has 2 aromatic rings. The Morgan fingerprint density at radius 2 is 2.05 bits per heavy atom. The second-order valence-electron chi connectivity index (χ2n) is 4.84. The summed E-state index contributed by atoms with van der Waals surface area (Å²) in [4.78, 5) is 22.6. The van der Waals surface area contributed by atoms with E-state index >= 15 is 0 Å². The van der Waals surface area contributed by atoms with Crippen molar-refractivity contribution in [1.29, 1.82) is 0 Å². The van der Waals surface area contributed by atoms with Crippen LogP contribution in [-0.4, -0.2) is 38.4 Å². The minimum absolute atomic E-state index is 0.0858. The zero-order chi connectivity index (χ0) is 15.4. The van der Waals surface area contributed by atoms with E-state index in [9.17, 15) is 4.79 Å². The highest BCUT2D eigenvalue weighted by atomic mass is 16.2. The Labute approximate surface area is 124 Å². The average Bonchev–Trinajstić information content (AvgIpc) is 2.97. The molecule has 21 heavy (non-hydrogen) atoms. The molecule has 2 aromatic heterocycles. The molecule has 1 amide bonds. The summed E-state index contributed by atoms with van der Waals surface area (Å²) >= 11 is 0. The van der Waals surface area contributed by atoms with Crippen molar-refractivity contribution in [3.05, 3.63) is 30.9 Å². The summed E-state index contributed by atoms with van der Waals surface area (Å²) in [5.41, 5.74) is 7.35. The molecule has 0 bridgehead atoms. The van der Waals surface area contributed by atoms with Crippen molar-refractivity contribution in [1.82, 2.24) is 19.4 Å². The van der Waals surface area contributed by atoms with Gasteiger partial charge in [0, 0.05) is 24.8 Å². The molecule has 2 N–H and O–H groups in total. The third kappa shape index (κ3) is 3.04. The summed E-state index contributed by atoms with van der Waals surface area (Å²) in [5.74, 6) is 0.555. The largest absolute Gasteiger partial charge is 0.384 e. The van der Waals surface area contributed by atoms with Gasteiger partial charge in [-0.15, -0.1) is 0 Å². The van der Waals surface area contributed by atoms with Gasteiger partial charge in [0.2, 0.25) is 5.91 Å². The first-order chi connectivity index (χ1) is 10.1. The standard InChI is InChI=1S/C15H21N5O/c1-4-19(5-2)15(21)11(3)20-10-17-9-13(20)12-6-7-14(16)18-8-12/h6-11H,4-5H2,1-3H3,(H2,16,18). The van der Waals surface area contributed by atoms with Gasteiger partial charge < -0.3 is 15.2 Å². The molecule has 2 heterocycles. The van der Waals surface area contributed by atoms with E-state index in [-0.39, 0.29) is 11.9 Å². The van der Waals surface area contributed by atoms with E-state index in [2.05, 4.69) is 9.97 Å². The number of amides is 1. The number of carbonyl (C=O) groups is 1. The van der Waals surface area contributed by atoms with E-state index in [1.807, 2.05) is 36.3 Å². The number of nitrogens with two attached hydrogens (primary N) is 1. The molecule has 0 aliphatic rings. The Kier molecular flexibility index (Phi) is 4.57. The monoisotopic (exact) mass is 287 g/mol. The molecule has 0 spiro atoms. The van der Waals surface area contributed by atoms with Crippen LogP contribution in [0.1, 0.15) is 26.8 Å². The van der Waals surface area contributed by atoms with Gasteiger partial charge in [-0.05, 0) is 32.9 Å².